The second-order valence-electron chi connectivity index (χ2n) is 3.47. The summed E-state index contributed by atoms with van der Waals surface area (Å²) in [5.41, 5.74) is 0. The molecule has 1 aliphatic carbocycles. The van der Waals surface area contributed by atoms with Crippen molar-refractivity contribution in [3.63, 3.8) is 0 Å². The molecule has 0 atom stereocenters. The number of ether oxygens (including phenoxy) is 2. The third-order valence-electron chi connectivity index (χ3n) is 2.15. The average molecular weight is 223 g/mol. The summed E-state index contributed by atoms with van der Waals surface area (Å²) in [6.45, 7) is 0.169. The van der Waals surface area contributed by atoms with E-state index >= 15 is 0 Å². The number of hydrogen-bond acceptors (Lipinski definition) is 4. The molecule has 14 heavy (non-hydrogen) atoms. The van der Waals surface area contributed by atoms with Crippen LogP contribution in [-0.2, 0) is 19.5 Å². The molecule has 0 heterocycles. The Bertz CT molecular complexity index is 257. The van der Waals surface area contributed by atoms with Crippen LogP contribution in [0.4, 0.5) is 0 Å². The van der Waals surface area contributed by atoms with Crippen molar-refractivity contribution in [3.05, 3.63) is 0 Å². The summed E-state index contributed by atoms with van der Waals surface area (Å²) in [6.07, 6.45) is 1.54. The zero-order valence-electron chi connectivity index (χ0n) is 8.52. The largest absolute Gasteiger partial charge is 0.355 e. The van der Waals surface area contributed by atoms with Gasteiger partial charge in [0.1, 0.15) is 0 Å². The van der Waals surface area contributed by atoms with E-state index in [0.717, 1.165) is 12.8 Å². The lowest BCUT2D eigenvalue weighted by Crippen LogP contribution is -2.35. The summed E-state index contributed by atoms with van der Waals surface area (Å²) in [5, 5.41) is 0. The number of hydrogen-bond donors (Lipinski definition) is 1. The predicted octanol–water partition coefficient (Wildman–Crippen LogP) is -0.0653. The Labute approximate surface area is 84.8 Å². The molecule has 1 saturated carbocycles. The summed E-state index contributed by atoms with van der Waals surface area (Å²) in [6, 6.07) is 0. The standard InChI is InChI=1S/C8H17NO4S/c1-12-8(13-2)5-9-14(10,11)6-7-3-4-7/h7-9H,3-6H2,1-2H3. The molecule has 0 aromatic heterocycles. The monoisotopic (exact) mass is 223 g/mol. The van der Waals surface area contributed by atoms with Crippen LogP contribution in [0.5, 0.6) is 0 Å². The van der Waals surface area contributed by atoms with E-state index < -0.39 is 16.3 Å². The third-order valence-corrected chi connectivity index (χ3v) is 3.66. The van der Waals surface area contributed by atoms with E-state index in [0.29, 0.717) is 5.92 Å². The molecule has 0 spiro atoms. The number of sulfonamides is 1. The van der Waals surface area contributed by atoms with Crippen molar-refractivity contribution in [2.45, 2.75) is 19.1 Å². The van der Waals surface area contributed by atoms with Crippen molar-refractivity contribution in [1.29, 1.82) is 0 Å². The third kappa shape index (κ3) is 4.36. The fourth-order valence-electron chi connectivity index (χ4n) is 1.11. The molecule has 5 nitrogen and oxygen atoms in total. The SMILES string of the molecule is COC(CNS(=O)(=O)CC1CC1)OC. The van der Waals surface area contributed by atoms with Crippen molar-refractivity contribution in [2.75, 3.05) is 26.5 Å². The Morgan fingerprint density at radius 2 is 1.93 bits per heavy atom. The Morgan fingerprint density at radius 1 is 1.36 bits per heavy atom. The van der Waals surface area contributed by atoms with E-state index in [4.69, 9.17) is 9.47 Å². The van der Waals surface area contributed by atoms with Crippen LogP contribution in [-0.4, -0.2) is 41.2 Å². The van der Waals surface area contributed by atoms with Crippen LogP contribution in [0.1, 0.15) is 12.8 Å². The van der Waals surface area contributed by atoms with Gasteiger partial charge in [-0.15, -0.1) is 0 Å². The molecule has 0 unspecified atom stereocenters. The maximum Gasteiger partial charge on any atom is 0.212 e. The van der Waals surface area contributed by atoms with Crippen LogP contribution >= 0.6 is 0 Å². The van der Waals surface area contributed by atoms with Crippen LogP contribution in [0, 0.1) is 5.92 Å². The first-order valence-corrected chi connectivity index (χ1v) is 6.25. The van der Waals surface area contributed by atoms with Gasteiger partial charge in [-0.2, -0.15) is 0 Å². The molecule has 0 aliphatic heterocycles. The quantitative estimate of drug-likeness (QED) is 0.614. The minimum absolute atomic E-state index is 0.169. The molecule has 1 N–H and O–H groups in total. The maximum absolute atomic E-state index is 11.4. The van der Waals surface area contributed by atoms with Crippen LogP contribution < -0.4 is 4.72 Å². The fourth-order valence-corrected chi connectivity index (χ4v) is 2.57. The molecule has 0 saturated heterocycles. The van der Waals surface area contributed by atoms with Crippen molar-refractivity contribution in [2.24, 2.45) is 5.92 Å². The molecular weight excluding hydrogens is 206 g/mol. The highest BCUT2D eigenvalue weighted by atomic mass is 32.2. The number of nitrogens with one attached hydrogen (secondary N) is 1. The lowest BCUT2D eigenvalue weighted by molar-refractivity contribution is -0.0960. The lowest BCUT2D eigenvalue weighted by atomic mass is 10.5. The molecule has 0 aromatic rings. The van der Waals surface area contributed by atoms with Crippen LogP contribution in [0.2, 0.25) is 0 Å². The summed E-state index contributed by atoms with van der Waals surface area (Å²) >= 11 is 0. The first-order chi connectivity index (χ1) is 6.57. The summed E-state index contributed by atoms with van der Waals surface area (Å²) in [4.78, 5) is 0. The molecule has 1 rings (SSSR count). The Kier molecular flexibility index (Phi) is 4.31. The van der Waals surface area contributed by atoms with E-state index in [1.165, 1.54) is 14.2 Å². The van der Waals surface area contributed by atoms with Crippen LogP contribution in [0.25, 0.3) is 0 Å². The van der Waals surface area contributed by atoms with Gasteiger partial charge >= 0.3 is 0 Å². The van der Waals surface area contributed by atoms with Gasteiger partial charge in [0.25, 0.3) is 0 Å². The second kappa shape index (κ2) is 5.06. The van der Waals surface area contributed by atoms with Crippen molar-refractivity contribution < 1.29 is 17.9 Å². The van der Waals surface area contributed by atoms with E-state index in [2.05, 4.69) is 4.72 Å². The Hall–Kier alpha value is -0.170. The molecule has 84 valence electrons. The van der Waals surface area contributed by atoms with Gasteiger partial charge < -0.3 is 9.47 Å². The number of rotatable bonds is 7. The van der Waals surface area contributed by atoms with Gasteiger partial charge in [0, 0.05) is 14.2 Å². The topological polar surface area (TPSA) is 64.6 Å². The molecule has 0 radical (unpaired) electrons. The smallest absolute Gasteiger partial charge is 0.212 e. The van der Waals surface area contributed by atoms with E-state index in [1.807, 2.05) is 0 Å². The summed E-state index contributed by atoms with van der Waals surface area (Å²) < 4.78 is 35.0. The predicted molar refractivity (Wildman–Crippen MR) is 52.3 cm³/mol. The highest BCUT2D eigenvalue weighted by molar-refractivity contribution is 7.89. The van der Waals surface area contributed by atoms with Gasteiger partial charge in [-0.1, -0.05) is 0 Å². The molecule has 0 aromatic carbocycles. The highest BCUT2D eigenvalue weighted by Gasteiger charge is 2.28. The minimum Gasteiger partial charge on any atom is -0.355 e. The van der Waals surface area contributed by atoms with Gasteiger partial charge in [0.2, 0.25) is 10.0 Å². The summed E-state index contributed by atoms with van der Waals surface area (Å²) in [5.74, 6) is 0.587. The van der Waals surface area contributed by atoms with Gasteiger partial charge in [0.15, 0.2) is 6.29 Å². The number of methoxy groups -OCH3 is 2. The normalized spacial score (nSPS) is 17.6. The first-order valence-electron chi connectivity index (χ1n) is 4.60. The lowest BCUT2D eigenvalue weighted by Gasteiger charge is -2.13. The van der Waals surface area contributed by atoms with Crippen LogP contribution in [0.15, 0.2) is 0 Å². The van der Waals surface area contributed by atoms with Crippen molar-refractivity contribution in [3.8, 4) is 0 Å². The molecule has 1 aliphatic rings. The van der Waals surface area contributed by atoms with Gasteiger partial charge in [-0.25, -0.2) is 13.1 Å². The van der Waals surface area contributed by atoms with Gasteiger partial charge in [0.05, 0.1) is 12.3 Å². The average Bonchev–Trinajstić information content (AvgIpc) is 2.89. The first kappa shape index (κ1) is 11.9. The van der Waals surface area contributed by atoms with E-state index in [1.54, 1.807) is 0 Å². The van der Waals surface area contributed by atoms with Gasteiger partial charge in [-0.05, 0) is 18.8 Å². The molecule has 0 bridgehead atoms. The zero-order chi connectivity index (χ0) is 10.6. The van der Waals surface area contributed by atoms with E-state index in [9.17, 15) is 8.42 Å². The van der Waals surface area contributed by atoms with Crippen molar-refractivity contribution in [1.82, 2.24) is 4.72 Å². The highest BCUT2D eigenvalue weighted by Crippen LogP contribution is 2.29. The van der Waals surface area contributed by atoms with Crippen molar-refractivity contribution >= 4 is 10.0 Å². The second-order valence-corrected chi connectivity index (χ2v) is 5.33. The summed E-state index contributed by atoms with van der Waals surface area (Å²) in [7, 11) is -0.192. The minimum atomic E-state index is -3.14. The molecule has 0 amide bonds. The molecule has 1 fully saturated rings. The van der Waals surface area contributed by atoms with Crippen LogP contribution in [0.3, 0.4) is 0 Å². The Morgan fingerprint density at radius 3 is 2.36 bits per heavy atom. The molecular formula is C8H17NO4S. The Balaban J connectivity index is 2.27. The fraction of sp³-hybridized carbons (Fsp3) is 1.00. The maximum atomic E-state index is 11.4. The van der Waals surface area contributed by atoms with E-state index in [-0.39, 0.29) is 12.3 Å². The molecule has 6 heteroatoms. The van der Waals surface area contributed by atoms with Gasteiger partial charge in [-0.3, -0.25) is 0 Å². The zero-order valence-corrected chi connectivity index (χ0v) is 9.34.